The van der Waals surface area contributed by atoms with Crippen LogP contribution in [0, 0.1) is 5.41 Å². The minimum absolute atomic E-state index is 0.143. The van der Waals surface area contributed by atoms with Crippen molar-refractivity contribution in [3.8, 4) is 0 Å². The van der Waals surface area contributed by atoms with E-state index in [0.29, 0.717) is 39.6 Å². The van der Waals surface area contributed by atoms with Gasteiger partial charge in [-0.25, -0.2) is 0 Å². The number of epoxide rings is 3. The van der Waals surface area contributed by atoms with E-state index in [1.165, 1.54) is 0 Å². The molecule has 3 fully saturated rings. The zero-order valence-electron chi connectivity index (χ0n) is 12.5. The van der Waals surface area contributed by atoms with Gasteiger partial charge < -0.3 is 28.4 Å². The Morgan fingerprint density at radius 1 is 1.10 bits per heavy atom. The lowest BCUT2D eigenvalue weighted by atomic mass is 9.88. The van der Waals surface area contributed by atoms with Crippen molar-refractivity contribution in [3.05, 3.63) is 12.0 Å². The van der Waals surface area contributed by atoms with Crippen LogP contribution in [0.4, 0.5) is 0 Å². The lowest BCUT2D eigenvalue weighted by molar-refractivity contribution is -0.0600. The minimum atomic E-state index is -0.143. The second-order valence-corrected chi connectivity index (χ2v) is 5.98. The Labute approximate surface area is 125 Å². The van der Waals surface area contributed by atoms with Gasteiger partial charge in [-0.15, -0.1) is 0 Å². The Kier molecular flexibility index (Phi) is 5.00. The largest absolute Gasteiger partial charge is 0.497 e. The Bertz CT molecular complexity index is 337. The second kappa shape index (κ2) is 6.96. The van der Waals surface area contributed by atoms with Crippen molar-refractivity contribution in [2.45, 2.75) is 25.6 Å². The average molecular weight is 300 g/mol. The maximum Gasteiger partial charge on any atom is 0.168 e. The molecule has 2 unspecified atom stereocenters. The van der Waals surface area contributed by atoms with E-state index < -0.39 is 0 Å². The monoisotopic (exact) mass is 300 g/mol. The van der Waals surface area contributed by atoms with E-state index in [1.807, 2.05) is 0 Å². The van der Waals surface area contributed by atoms with Gasteiger partial charge in [0, 0.05) is 0 Å². The molecular formula is C15H24O6. The quantitative estimate of drug-likeness (QED) is 0.397. The molecular weight excluding hydrogens is 276 g/mol. The molecule has 3 saturated heterocycles. The Hall–Kier alpha value is -0.820. The molecule has 0 spiro atoms. The molecule has 21 heavy (non-hydrogen) atoms. The number of hydrogen-bond donors (Lipinski definition) is 0. The second-order valence-electron chi connectivity index (χ2n) is 5.98. The first-order valence-electron chi connectivity index (χ1n) is 7.62. The van der Waals surface area contributed by atoms with Gasteiger partial charge >= 0.3 is 0 Å². The van der Waals surface area contributed by atoms with Gasteiger partial charge in [0.25, 0.3) is 0 Å². The third kappa shape index (κ3) is 5.47. The molecule has 3 aliphatic heterocycles. The van der Waals surface area contributed by atoms with Crippen LogP contribution in [0.25, 0.3) is 0 Å². The molecule has 0 saturated carbocycles. The first kappa shape index (κ1) is 15.1. The van der Waals surface area contributed by atoms with E-state index in [4.69, 9.17) is 28.4 Å². The summed E-state index contributed by atoms with van der Waals surface area (Å²) in [6.07, 6.45) is 3.18. The molecule has 3 heterocycles. The Balaban J connectivity index is 1.44. The fraction of sp³-hybridized carbons (Fsp3) is 0.867. The summed E-state index contributed by atoms with van der Waals surface area (Å²) < 4.78 is 32.6. The highest BCUT2D eigenvalue weighted by atomic mass is 16.6. The summed E-state index contributed by atoms with van der Waals surface area (Å²) in [6, 6.07) is 0. The summed E-state index contributed by atoms with van der Waals surface area (Å²) in [4.78, 5) is 0. The molecule has 3 rings (SSSR count). The van der Waals surface area contributed by atoms with Gasteiger partial charge in [0.1, 0.15) is 25.1 Å². The SMILES string of the molecule is CCC(COC=C1CO1)(COCC1CO1)COCC1CO1. The van der Waals surface area contributed by atoms with E-state index in [-0.39, 0.29) is 17.6 Å². The van der Waals surface area contributed by atoms with Crippen LogP contribution in [0.3, 0.4) is 0 Å². The number of rotatable bonds is 12. The van der Waals surface area contributed by atoms with Crippen molar-refractivity contribution >= 4 is 0 Å². The van der Waals surface area contributed by atoms with Gasteiger partial charge in [0.05, 0.1) is 51.7 Å². The lowest BCUT2D eigenvalue weighted by Gasteiger charge is -2.31. The summed E-state index contributed by atoms with van der Waals surface area (Å²) in [5.74, 6) is 0.902. The van der Waals surface area contributed by atoms with Gasteiger partial charge in [0.2, 0.25) is 0 Å². The molecule has 120 valence electrons. The minimum Gasteiger partial charge on any atom is -0.497 e. The van der Waals surface area contributed by atoms with Crippen LogP contribution < -0.4 is 0 Å². The zero-order valence-corrected chi connectivity index (χ0v) is 12.5. The average Bonchev–Trinajstić information content (AvgIpc) is 3.34. The molecule has 6 nitrogen and oxygen atoms in total. The van der Waals surface area contributed by atoms with Crippen LogP contribution in [-0.4, -0.2) is 65.1 Å². The van der Waals surface area contributed by atoms with E-state index in [9.17, 15) is 0 Å². The zero-order chi connectivity index (χ0) is 14.5. The van der Waals surface area contributed by atoms with E-state index in [0.717, 1.165) is 25.4 Å². The molecule has 0 amide bonds. The summed E-state index contributed by atoms with van der Waals surface area (Å²) >= 11 is 0. The van der Waals surface area contributed by atoms with Gasteiger partial charge in [-0.3, -0.25) is 0 Å². The van der Waals surface area contributed by atoms with Crippen molar-refractivity contribution in [1.29, 1.82) is 0 Å². The standard InChI is InChI=1S/C15H24O6/c1-2-15(9-16-3-12-6-19-12,10-17-4-13-7-20-13)11-18-5-14-8-21-14/h3,13-14H,2,4-11H2,1H3. The van der Waals surface area contributed by atoms with Gasteiger partial charge in [-0.05, 0) is 6.42 Å². The maximum absolute atomic E-state index is 5.79. The first-order valence-corrected chi connectivity index (χ1v) is 7.62. The summed E-state index contributed by atoms with van der Waals surface area (Å²) in [7, 11) is 0. The smallest absolute Gasteiger partial charge is 0.168 e. The molecule has 6 heteroatoms. The summed E-state index contributed by atoms with van der Waals surface area (Å²) in [5.41, 5.74) is -0.143. The molecule has 3 aliphatic rings. The predicted octanol–water partition coefficient (Wildman–Crippen LogP) is 1.10. The first-order chi connectivity index (χ1) is 10.3. The van der Waals surface area contributed by atoms with Crippen LogP contribution in [0.2, 0.25) is 0 Å². The maximum atomic E-state index is 5.79. The highest BCUT2D eigenvalue weighted by molar-refractivity contribution is 5.00. The summed E-state index contributed by atoms with van der Waals surface area (Å²) in [5, 5.41) is 0. The lowest BCUT2D eigenvalue weighted by Crippen LogP contribution is -2.37. The van der Waals surface area contributed by atoms with Gasteiger partial charge in [-0.1, -0.05) is 6.92 Å². The molecule has 0 aromatic heterocycles. The molecule has 0 N–H and O–H groups in total. The fourth-order valence-electron chi connectivity index (χ4n) is 1.99. The Morgan fingerprint density at radius 3 is 2.10 bits per heavy atom. The highest BCUT2D eigenvalue weighted by Crippen LogP contribution is 2.26. The third-order valence-electron chi connectivity index (χ3n) is 3.89. The molecule has 2 atom stereocenters. The van der Waals surface area contributed by atoms with Crippen LogP contribution in [0.15, 0.2) is 12.0 Å². The molecule has 0 aromatic carbocycles. The molecule has 0 aromatic rings. The van der Waals surface area contributed by atoms with Crippen molar-refractivity contribution in [2.75, 3.05) is 52.9 Å². The molecule has 0 radical (unpaired) electrons. The van der Waals surface area contributed by atoms with E-state index in [2.05, 4.69) is 6.92 Å². The Morgan fingerprint density at radius 2 is 1.67 bits per heavy atom. The number of hydrogen-bond acceptors (Lipinski definition) is 6. The van der Waals surface area contributed by atoms with Crippen molar-refractivity contribution < 1.29 is 28.4 Å². The highest BCUT2D eigenvalue weighted by Gasteiger charge is 2.33. The van der Waals surface area contributed by atoms with Crippen LogP contribution in [0.5, 0.6) is 0 Å². The van der Waals surface area contributed by atoms with Crippen molar-refractivity contribution in [3.63, 3.8) is 0 Å². The van der Waals surface area contributed by atoms with Gasteiger partial charge in [-0.2, -0.15) is 0 Å². The third-order valence-corrected chi connectivity index (χ3v) is 3.89. The fourth-order valence-corrected chi connectivity index (χ4v) is 1.99. The summed E-state index contributed by atoms with van der Waals surface area (Å²) in [6.45, 7) is 7.53. The van der Waals surface area contributed by atoms with Crippen LogP contribution in [-0.2, 0) is 28.4 Å². The van der Waals surface area contributed by atoms with Crippen LogP contribution >= 0.6 is 0 Å². The van der Waals surface area contributed by atoms with E-state index in [1.54, 1.807) is 6.26 Å². The van der Waals surface area contributed by atoms with E-state index >= 15 is 0 Å². The topological polar surface area (TPSA) is 65.3 Å². The number of ether oxygens (including phenoxy) is 6. The van der Waals surface area contributed by atoms with Crippen molar-refractivity contribution in [2.24, 2.45) is 5.41 Å². The molecule has 0 bridgehead atoms. The van der Waals surface area contributed by atoms with Crippen molar-refractivity contribution in [1.82, 2.24) is 0 Å². The van der Waals surface area contributed by atoms with Gasteiger partial charge in [0.15, 0.2) is 5.76 Å². The van der Waals surface area contributed by atoms with Crippen LogP contribution in [0.1, 0.15) is 13.3 Å². The predicted molar refractivity (Wildman–Crippen MR) is 73.8 cm³/mol. The molecule has 0 aliphatic carbocycles. The normalized spacial score (nSPS) is 30.6.